The van der Waals surface area contributed by atoms with Crippen molar-refractivity contribution >= 4 is 40.8 Å². The SMILES string of the molecule is [B]c1cncc(-c2ccc(NS(C)(=O)=O)cc2C)c1SC. The van der Waals surface area contributed by atoms with Crippen LogP contribution in [-0.2, 0) is 10.0 Å². The van der Waals surface area contributed by atoms with E-state index in [1.807, 2.05) is 19.2 Å². The van der Waals surface area contributed by atoms with Gasteiger partial charge < -0.3 is 0 Å². The molecule has 1 N–H and O–H groups in total. The lowest BCUT2D eigenvalue weighted by Crippen LogP contribution is -2.10. The highest BCUT2D eigenvalue weighted by molar-refractivity contribution is 7.99. The van der Waals surface area contributed by atoms with Crippen molar-refractivity contribution in [2.45, 2.75) is 11.8 Å². The van der Waals surface area contributed by atoms with Gasteiger partial charge in [0.1, 0.15) is 7.85 Å². The van der Waals surface area contributed by atoms with E-state index in [2.05, 4.69) is 9.71 Å². The van der Waals surface area contributed by atoms with Crippen molar-refractivity contribution in [1.82, 2.24) is 4.98 Å². The summed E-state index contributed by atoms with van der Waals surface area (Å²) in [6, 6.07) is 5.40. The van der Waals surface area contributed by atoms with Gasteiger partial charge in [0.05, 0.1) is 6.26 Å². The summed E-state index contributed by atoms with van der Waals surface area (Å²) in [6.07, 6.45) is 6.49. The minimum atomic E-state index is -3.28. The van der Waals surface area contributed by atoms with Crippen molar-refractivity contribution in [3.05, 3.63) is 36.2 Å². The lowest BCUT2D eigenvalue weighted by molar-refractivity contribution is 0.607. The number of nitrogens with one attached hydrogen (secondary N) is 1. The second-order valence-electron chi connectivity index (χ2n) is 4.71. The van der Waals surface area contributed by atoms with E-state index in [0.717, 1.165) is 27.8 Å². The number of sulfonamides is 1. The predicted octanol–water partition coefficient (Wildman–Crippen LogP) is 1.94. The first-order valence-electron chi connectivity index (χ1n) is 6.18. The van der Waals surface area contributed by atoms with Gasteiger partial charge in [-0.25, -0.2) is 8.42 Å². The molecule has 0 amide bonds. The van der Waals surface area contributed by atoms with Crippen LogP contribution in [0, 0.1) is 6.92 Å². The summed E-state index contributed by atoms with van der Waals surface area (Å²) in [5.41, 5.74) is 4.06. The molecule has 0 aliphatic heterocycles. The van der Waals surface area contributed by atoms with Crippen LogP contribution in [0.25, 0.3) is 11.1 Å². The molecule has 1 aromatic carbocycles. The van der Waals surface area contributed by atoms with E-state index in [1.54, 1.807) is 36.3 Å². The zero-order valence-corrected chi connectivity index (χ0v) is 13.7. The van der Waals surface area contributed by atoms with Gasteiger partial charge in [0.25, 0.3) is 0 Å². The maximum Gasteiger partial charge on any atom is 0.229 e. The third-order valence-electron chi connectivity index (χ3n) is 2.95. The molecule has 0 fully saturated rings. The first kappa shape index (κ1) is 15.9. The zero-order chi connectivity index (χ0) is 15.6. The second-order valence-corrected chi connectivity index (χ2v) is 7.28. The highest BCUT2D eigenvalue weighted by Crippen LogP contribution is 2.31. The summed E-state index contributed by atoms with van der Waals surface area (Å²) in [6.45, 7) is 1.93. The van der Waals surface area contributed by atoms with Gasteiger partial charge in [-0.1, -0.05) is 11.5 Å². The van der Waals surface area contributed by atoms with Crippen LogP contribution in [0.4, 0.5) is 5.69 Å². The number of benzene rings is 1. The summed E-state index contributed by atoms with van der Waals surface area (Å²) < 4.78 is 25.0. The molecule has 0 bridgehead atoms. The number of hydrogen-bond acceptors (Lipinski definition) is 4. The highest BCUT2D eigenvalue weighted by Gasteiger charge is 2.11. The Bertz CT molecular complexity index is 777. The molecule has 108 valence electrons. The fourth-order valence-corrected chi connectivity index (χ4v) is 3.35. The second kappa shape index (κ2) is 6.11. The number of thioether (sulfide) groups is 1. The lowest BCUT2D eigenvalue weighted by Gasteiger charge is -2.14. The molecule has 0 atom stereocenters. The van der Waals surface area contributed by atoms with Crippen molar-refractivity contribution in [2.75, 3.05) is 17.2 Å². The van der Waals surface area contributed by atoms with Gasteiger partial charge in [-0.3, -0.25) is 9.71 Å². The monoisotopic (exact) mass is 318 g/mol. The Morgan fingerprint density at radius 2 is 1.95 bits per heavy atom. The molecule has 0 spiro atoms. The maximum absolute atomic E-state index is 11.3. The Hall–Kier alpha value is -1.47. The molecule has 1 heterocycles. The average molecular weight is 318 g/mol. The van der Waals surface area contributed by atoms with Crippen LogP contribution in [0.3, 0.4) is 0 Å². The van der Waals surface area contributed by atoms with Crippen molar-refractivity contribution in [3.8, 4) is 11.1 Å². The number of aromatic nitrogens is 1. The van der Waals surface area contributed by atoms with Gasteiger partial charge in [0.2, 0.25) is 10.0 Å². The fraction of sp³-hybridized carbons (Fsp3) is 0.214. The molecular weight excluding hydrogens is 303 g/mol. The Labute approximate surface area is 130 Å². The van der Waals surface area contributed by atoms with E-state index >= 15 is 0 Å². The molecule has 4 nitrogen and oxygen atoms in total. The normalized spacial score (nSPS) is 11.4. The Balaban J connectivity index is 2.50. The van der Waals surface area contributed by atoms with Crippen molar-refractivity contribution in [1.29, 1.82) is 0 Å². The predicted molar refractivity (Wildman–Crippen MR) is 90.0 cm³/mol. The summed E-state index contributed by atoms with van der Waals surface area (Å²) in [5.74, 6) is 0. The fourth-order valence-electron chi connectivity index (χ4n) is 2.13. The zero-order valence-electron chi connectivity index (χ0n) is 12.0. The number of pyridine rings is 1. The summed E-state index contributed by atoms with van der Waals surface area (Å²) in [4.78, 5) is 5.11. The number of nitrogens with zero attached hydrogens (tertiary/aromatic N) is 1. The quantitative estimate of drug-likeness (QED) is 0.691. The Morgan fingerprint density at radius 1 is 1.24 bits per heavy atom. The maximum atomic E-state index is 11.3. The van der Waals surface area contributed by atoms with Crippen molar-refractivity contribution in [3.63, 3.8) is 0 Å². The number of aryl methyl sites for hydroxylation is 1. The van der Waals surface area contributed by atoms with Gasteiger partial charge in [0, 0.05) is 28.5 Å². The van der Waals surface area contributed by atoms with Crippen molar-refractivity contribution in [2.24, 2.45) is 0 Å². The van der Waals surface area contributed by atoms with Crippen LogP contribution in [0.1, 0.15) is 5.56 Å². The largest absolute Gasteiger partial charge is 0.284 e. The van der Waals surface area contributed by atoms with E-state index in [0.29, 0.717) is 11.2 Å². The number of hydrogen-bond donors (Lipinski definition) is 1. The average Bonchev–Trinajstić information content (AvgIpc) is 2.36. The molecule has 2 aromatic rings. The topological polar surface area (TPSA) is 59.1 Å². The molecule has 0 aliphatic rings. The molecule has 7 heteroatoms. The number of rotatable bonds is 4. The smallest absolute Gasteiger partial charge is 0.229 e. The highest BCUT2D eigenvalue weighted by atomic mass is 32.2. The van der Waals surface area contributed by atoms with E-state index in [1.165, 1.54) is 0 Å². The molecule has 0 unspecified atom stereocenters. The van der Waals surface area contributed by atoms with Crippen LogP contribution in [0.2, 0.25) is 0 Å². The Kier molecular flexibility index (Phi) is 4.63. The van der Waals surface area contributed by atoms with Crippen LogP contribution in [-0.4, -0.2) is 33.8 Å². The third kappa shape index (κ3) is 3.80. The van der Waals surface area contributed by atoms with Gasteiger partial charge in [-0.2, -0.15) is 0 Å². The molecule has 0 saturated carbocycles. The Morgan fingerprint density at radius 3 is 2.52 bits per heavy atom. The van der Waals surface area contributed by atoms with E-state index in [-0.39, 0.29) is 0 Å². The van der Waals surface area contributed by atoms with E-state index < -0.39 is 10.0 Å². The first-order chi connectivity index (χ1) is 9.81. The molecular formula is C14H15BN2O2S2. The molecule has 0 saturated heterocycles. The molecule has 0 aliphatic carbocycles. The van der Waals surface area contributed by atoms with E-state index in [4.69, 9.17) is 7.85 Å². The molecule has 2 rings (SSSR count). The minimum Gasteiger partial charge on any atom is -0.284 e. The van der Waals surface area contributed by atoms with Crippen LogP contribution in [0.15, 0.2) is 35.5 Å². The van der Waals surface area contributed by atoms with Crippen LogP contribution in [0.5, 0.6) is 0 Å². The molecule has 2 radical (unpaired) electrons. The standard InChI is InChI=1S/C14H15BN2O2S2/c1-9-6-10(17-21(3,18)19)4-5-11(9)12-7-16-8-13(15)14(12)20-2/h4-8,17H,1-3H3. The summed E-state index contributed by atoms with van der Waals surface area (Å²) in [7, 11) is 2.68. The third-order valence-corrected chi connectivity index (χ3v) is 4.42. The molecule has 1 aromatic heterocycles. The van der Waals surface area contributed by atoms with Crippen LogP contribution < -0.4 is 10.2 Å². The lowest BCUT2D eigenvalue weighted by atomic mass is 9.93. The van der Waals surface area contributed by atoms with Gasteiger partial charge in [0.15, 0.2) is 0 Å². The minimum absolute atomic E-state index is 0.543. The summed E-state index contributed by atoms with van der Waals surface area (Å²) >= 11 is 1.56. The first-order valence-corrected chi connectivity index (χ1v) is 9.29. The van der Waals surface area contributed by atoms with Crippen molar-refractivity contribution < 1.29 is 8.42 Å². The molecule has 21 heavy (non-hydrogen) atoms. The van der Waals surface area contributed by atoms with Gasteiger partial charge in [-0.05, 0) is 36.4 Å². The summed E-state index contributed by atoms with van der Waals surface area (Å²) in [5, 5.41) is 0. The van der Waals surface area contributed by atoms with Gasteiger partial charge in [-0.15, -0.1) is 11.8 Å². The van der Waals surface area contributed by atoms with E-state index in [9.17, 15) is 8.42 Å². The van der Waals surface area contributed by atoms with Crippen LogP contribution >= 0.6 is 11.8 Å². The number of anilines is 1. The van der Waals surface area contributed by atoms with Gasteiger partial charge >= 0.3 is 0 Å².